The fraction of sp³-hybridized carbons (Fsp3) is 0.286. The van der Waals surface area contributed by atoms with E-state index in [1.807, 2.05) is 24.4 Å². The van der Waals surface area contributed by atoms with Crippen LogP contribution in [0.5, 0.6) is 0 Å². The maximum Gasteiger partial charge on any atom is 0.230 e. The first-order valence-electron chi connectivity index (χ1n) is 9.73. The number of hydrogen-bond donors (Lipinski definition) is 2. The molecule has 0 bridgehead atoms. The molecule has 5 rings (SSSR count). The van der Waals surface area contributed by atoms with Gasteiger partial charge in [-0.2, -0.15) is 0 Å². The Labute approximate surface area is 176 Å². The van der Waals surface area contributed by atoms with Gasteiger partial charge in [-0.05, 0) is 42.3 Å². The van der Waals surface area contributed by atoms with Gasteiger partial charge in [-0.3, -0.25) is 9.36 Å². The van der Waals surface area contributed by atoms with Crippen molar-refractivity contribution < 1.29 is 4.79 Å². The molecule has 1 amide bonds. The fourth-order valence-electron chi connectivity index (χ4n) is 3.47. The zero-order valence-electron chi connectivity index (χ0n) is 15.8. The van der Waals surface area contributed by atoms with Crippen LogP contribution in [0.3, 0.4) is 0 Å². The van der Waals surface area contributed by atoms with Gasteiger partial charge < -0.3 is 10.3 Å². The number of para-hydroxylation sites is 1. The number of aromatic amines is 1. The summed E-state index contributed by atoms with van der Waals surface area (Å²) in [6, 6.07) is 12.8. The van der Waals surface area contributed by atoms with Gasteiger partial charge in [0.05, 0.1) is 10.6 Å². The van der Waals surface area contributed by atoms with Crippen LogP contribution in [0.4, 0.5) is 0 Å². The highest BCUT2D eigenvalue weighted by molar-refractivity contribution is 7.99. The third kappa shape index (κ3) is 3.95. The van der Waals surface area contributed by atoms with Gasteiger partial charge in [0.25, 0.3) is 0 Å². The van der Waals surface area contributed by atoms with Gasteiger partial charge in [-0.1, -0.05) is 36.0 Å². The molecular formula is C21H21N5OS2. The number of carbonyl (C=O) groups is 1. The summed E-state index contributed by atoms with van der Waals surface area (Å²) in [5.41, 5.74) is 2.35. The van der Waals surface area contributed by atoms with Crippen LogP contribution in [0.1, 0.15) is 24.4 Å². The van der Waals surface area contributed by atoms with Crippen LogP contribution in [-0.2, 0) is 11.2 Å². The van der Waals surface area contributed by atoms with Crippen LogP contribution < -0.4 is 5.32 Å². The number of hydrogen-bond acceptors (Lipinski definition) is 5. The van der Waals surface area contributed by atoms with Crippen molar-refractivity contribution in [1.29, 1.82) is 0 Å². The van der Waals surface area contributed by atoms with E-state index in [2.05, 4.69) is 48.6 Å². The summed E-state index contributed by atoms with van der Waals surface area (Å²) in [5, 5.41) is 15.9. The van der Waals surface area contributed by atoms with Gasteiger partial charge in [-0.15, -0.1) is 21.5 Å². The number of nitrogens with one attached hydrogen (secondary N) is 2. The largest absolute Gasteiger partial charge is 0.361 e. The Hall–Kier alpha value is -2.58. The number of carbonyl (C=O) groups excluding carboxylic acids is 1. The lowest BCUT2D eigenvalue weighted by molar-refractivity contribution is -0.118. The van der Waals surface area contributed by atoms with Crippen molar-refractivity contribution in [2.45, 2.75) is 30.5 Å². The van der Waals surface area contributed by atoms with E-state index in [4.69, 9.17) is 0 Å². The molecule has 0 radical (unpaired) electrons. The summed E-state index contributed by atoms with van der Waals surface area (Å²) < 4.78 is 2.20. The summed E-state index contributed by atoms with van der Waals surface area (Å²) in [4.78, 5) is 16.7. The third-order valence-electron chi connectivity index (χ3n) is 5.04. The first kappa shape index (κ1) is 18.4. The summed E-state index contributed by atoms with van der Waals surface area (Å²) >= 11 is 3.14. The second kappa shape index (κ2) is 8.04. The Morgan fingerprint density at radius 3 is 2.97 bits per heavy atom. The van der Waals surface area contributed by atoms with Gasteiger partial charge >= 0.3 is 0 Å². The molecule has 0 aliphatic heterocycles. The Morgan fingerprint density at radius 1 is 1.24 bits per heavy atom. The first-order chi connectivity index (χ1) is 14.3. The number of rotatable bonds is 8. The number of aromatic nitrogens is 4. The van der Waals surface area contributed by atoms with Crippen molar-refractivity contribution >= 4 is 39.9 Å². The fourth-order valence-corrected chi connectivity index (χ4v) is 5.01. The van der Waals surface area contributed by atoms with Gasteiger partial charge in [0.2, 0.25) is 5.91 Å². The Kier molecular flexibility index (Phi) is 5.12. The Bertz CT molecular complexity index is 1130. The van der Waals surface area contributed by atoms with Gasteiger partial charge in [0.1, 0.15) is 0 Å². The van der Waals surface area contributed by atoms with Gasteiger partial charge in [0, 0.05) is 29.7 Å². The van der Waals surface area contributed by atoms with Crippen LogP contribution >= 0.6 is 23.1 Å². The number of fused-ring (bicyclic) bond motifs is 1. The quantitative estimate of drug-likeness (QED) is 0.415. The molecule has 2 N–H and O–H groups in total. The predicted molar refractivity (Wildman–Crippen MR) is 117 cm³/mol. The van der Waals surface area contributed by atoms with Gasteiger partial charge in [-0.25, -0.2) is 0 Å². The normalized spacial score (nSPS) is 13.8. The van der Waals surface area contributed by atoms with E-state index < -0.39 is 0 Å². The van der Waals surface area contributed by atoms with E-state index >= 15 is 0 Å². The highest BCUT2D eigenvalue weighted by Crippen LogP contribution is 2.41. The van der Waals surface area contributed by atoms with E-state index in [1.165, 1.54) is 22.7 Å². The average molecular weight is 424 g/mol. The molecule has 148 valence electrons. The van der Waals surface area contributed by atoms with Crippen molar-refractivity contribution in [3.05, 3.63) is 53.5 Å². The van der Waals surface area contributed by atoms with Crippen LogP contribution in [0.15, 0.2) is 53.1 Å². The summed E-state index contributed by atoms with van der Waals surface area (Å²) in [7, 11) is 0. The molecular weight excluding hydrogens is 402 g/mol. The maximum absolute atomic E-state index is 12.3. The van der Waals surface area contributed by atoms with Crippen molar-refractivity contribution in [1.82, 2.24) is 25.1 Å². The Morgan fingerprint density at radius 2 is 2.14 bits per heavy atom. The minimum absolute atomic E-state index is 0.0258. The molecule has 0 saturated heterocycles. The van der Waals surface area contributed by atoms with E-state index in [0.29, 0.717) is 18.3 Å². The molecule has 1 aromatic carbocycles. The molecule has 3 heterocycles. The standard InChI is InChI=1S/C21H21N5OS2/c27-19(22-10-9-14-12-23-17-5-2-1-4-16(14)17)13-29-21-25-24-20(18-6-3-11-28-18)26(21)15-7-8-15/h1-6,11-12,15,23H,7-10,13H2,(H,22,27). The minimum Gasteiger partial charge on any atom is -0.361 e. The molecule has 3 aromatic heterocycles. The predicted octanol–water partition coefficient (Wildman–Crippen LogP) is 4.27. The molecule has 1 fully saturated rings. The zero-order chi connectivity index (χ0) is 19.6. The first-order valence-corrected chi connectivity index (χ1v) is 11.6. The van der Waals surface area contributed by atoms with Crippen molar-refractivity contribution in [2.24, 2.45) is 0 Å². The number of nitrogens with zero attached hydrogens (tertiary/aromatic N) is 3. The number of H-pyrrole nitrogens is 1. The number of thioether (sulfide) groups is 1. The molecule has 4 aromatic rings. The van der Waals surface area contributed by atoms with Gasteiger partial charge in [0.15, 0.2) is 11.0 Å². The molecule has 1 saturated carbocycles. The molecule has 6 nitrogen and oxygen atoms in total. The summed E-state index contributed by atoms with van der Waals surface area (Å²) in [6.07, 6.45) is 5.14. The minimum atomic E-state index is 0.0258. The van der Waals surface area contributed by atoms with E-state index in [1.54, 1.807) is 11.3 Å². The maximum atomic E-state index is 12.3. The molecule has 29 heavy (non-hydrogen) atoms. The number of thiophene rings is 1. The summed E-state index contributed by atoms with van der Waals surface area (Å²) in [6.45, 7) is 0.622. The smallest absolute Gasteiger partial charge is 0.230 e. The highest BCUT2D eigenvalue weighted by atomic mass is 32.2. The van der Waals surface area contributed by atoms with Crippen molar-refractivity contribution in [3.8, 4) is 10.7 Å². The molecule has 1 aliphatic carbocycles. The zero-order valence-corrected chi connectivity index (χ0v) is 17.4. The SMILES string of the molecule is O=C(CSc1nnc(-c2cccs2)n1C1CC1)NCCc1c[nH]c2ccccc12. The molecule has 0 atom stereocenters. The third-order valence-corrected chi connectivity index (χ3v) is 6.85. The monoisotopic (exact) mass is 423 g/mol. The molecule has 0 unspecified atom stereocenters. The van der Waals surface area contributed by atoms with Crippen LogP contribution in [0, 0.1) is 0 Å². The van der Waals surface area contributed by atoms with E-state index in [-0.39, 0.29) is 5.91 Å². The second-order valence-electron chi connectivity index (χ2n) is 7.13. The number of amides is 1. The van der Waals surface area contributed by atoms with E-state index in [0.717, 1.165) is 40.6 Å². The second-order valence-corrected chi connectivity index (χ2v) is 9.02. The highest BCUT2D eigenvalue weighted by Gasteiger charge is 2.30. The average Bonchev–Trinajstić information content (AvgIpc) is 3.14. The molecule has 0 spiro atoms. The summed E-state index contributed by atoms with van der Waals surface area (Å²) in [5.74, 6) is 1.30. The molecule has 1 aliphatic rings. The lowest BCUT2D eigenvalue weighted by Gasteiger charge is -2.08. The Balaban J connectivity index is 1.17. The molecule has 8 heteroatoms. The number of benzene rings is 1. The van der Waals surface area contributed by atoms with Crippen molar-refractivity contribution in [2.75, 3.05) is 12.3 Å². The van der Waals surface area contributed by atoms with Crippen LogP contribution in [0.2, 0.25) is 0 Å². The lowest BCUT2D eigenvalue weighted by atomic mass is 10.1. The van der Waals surface area contributed by atoms with Crippen LogP contribution in [-0.4, -0.2) is 38.0 Å². The lowest BCUT2D eigenvalue weighted by Crippen LogP contribution is -2.27. The van der Waals surface area contributed by atoms with E-state index in [9.17, 15) is 4.79 Å². The van der Waals surface area contributed by atoms with Crippen LogP contribution in [0.25, 0.3) is 21.6 Å². The van der Waals surface area contributed by atoms with Crippen molar-refractivity contribution in [3.63, 3.8) is 0 Å². The topological polar surface area (TPSA) is 75.6 Å².